The highest BCUT2D eigenvalue weighted by atomic mass is 16.5. The Morgan fingerprint density at radius 3 is 2.86 bits per heavy atom. The molecule has 1 heterocycles. The predicted molar refractivity (Wildman–Crippen MR) is 81.5 cm³/mol. The highest BCUT2D eigenvalue weighted by Crippen LogP contribution is 2.16. The number of nitrogens with one attached hydrogen (secondary N) is 1. The molecular weight excluding hydrogens is 268 g/mol. The number of amides is 1. The molecule has 1 saturated heterocycles. The Balaban J connectivity index is 1.79. The lowest BCUT2D eigenvalue weighted by molar-refractivity contribution is 0.0679. The van der Waals surface area contributed by atoms with Gasteiger partial charge in [0.05, 0.1) is 6.10 Å². The molecular formula is C16H24N2O3. The number of hydrogen-bond donors (Lipinski definition) is 2. The van der Waals surface area contributed by atoms with Gasteiger partial charge in [-0.1, -0.05) is 6.92 Å². The second-order valence-corrected chi connectivity index (χ2v) is 5.52. The van der Waals surface area contributed by atoms with Crippen molar-refractivity contribution in [2.24, 2.45) is 11.7 Å². The average molecular weight is 292 g/mol. The van der Waals surface area contributed by atoms with Crippen molar-refractivity contribution in [1.29, 1.82) is 0 Å². The Kier molecular flexibility index (Phi) is 6.02. The Bertz CT molecular complexity index is 441. The van der Waals surface area contributed by atoms with Crippen molar-refractivity contribution in [3.8, 4) is 5.75 Å². The molecule has 5 heteroatoms. The van der Waals surface area contributed by atoms with Crippen LogP contribution in [0.25, 0.3) is 0 Å². The predicted octanol–water partition coefficient (Wildman–Crippen LogP) is 1.57. The van der Waals surface area contributed by atoms with E-state index >= 15 is 0 Å². The highest BCUT2D eigenvalue weighted by molar-refractivity contribution is 5.94. The van der Waals surface area contributed by atoms with E-state index < -0.39 is 0 Å². The lowest BCUT2D eigenvalue weighted by Gasteiger charge is -2.12. The summed E-state index contributed by atoms with van der Waals surface area (Å²) in [4.78, 5) is 11.9. The van der Waals surface area contributed by atoms with E-state index in [0.717, 1.165) is 25.2 Å². The van der Waals surface area contributed by atoms with Crippen molar-refractivity contribution in [3.05, 3.63) is 29.8 Å². The van der Waals surface area contributed by atoms with Crippen molar-refractivity contribution in [1.82, 2.24) is 5.32 Å². The number of ether oxygens (including phenoxy) is 2. The molecule has 0 aliphatic carbocycles. The van der Waals surface area contributed by atoms with Crippen LogP contribution in [0, 0.1) is 5.92 Å². The number of nitrogens with two attached hydrogens (primary N) is 1. The van der Waals surface area contributed by atoms with E-state index in [4.69, 9.17) is 15.2 Å². The van der Waals surface area contributed by atoms with E-state index in [9.17, 15) is 4.79 Å². The maximum absolute atomic E-state index is 11.9. The fourth-order valence-corrected chi connectivity index (χ4v) is 2.12. The summed E-state index contributed by atoms with van der Waals surface area (Å²) in [5.74, 6) is 0.960. The molecule has 1 fully saturated rings. The second kappa shape index (κ2) is 8.00. The van der Waals surface area contributed by atoms with Crippen molar-refractivity contribution < 1.29 is 14.3 Å². The van der Waals surface area contributed by atoms with E-state index in [2.05, 4.69) is 5.32 Å². The van der Waals surface area contributed by atoms with E-state index in [0.29, 0.717) is 25.3 Å². The number of carbonyl (C=O) groups excluding carboxylic acids is 1. The van der Waals surface area contributed by atoms with Crippen molar-refractivity contribution in [2.45, 2.75) is 25.9 Å². The van der Waals surface area contributed by atoms with Crippen LogP contribution in [0.3, 0.4) is 0 Å². The van der Waals surface area contributed by atoms with Gasteiger partial charge in [0.25, 0.3) is 5.91 Å². The summed E-state index contributed by atoms with van der Waals surface area (Å²) in [5, 5.41) is 2.87. The van der Waals surface area contributed by atoms with Crippen LogP contribution in [0.5, 0.6) is 5.75 Å². The molecule has 21 heavy (non-hydrogen) atoms. The fourth-order valence-electron chi connectivity index (χ4n) is 2.12. The largest absolute Gasteiger partial charge is 0.491 e. The summed E-state index contributed by atoms with van der Waals surface area (Å²) in [6.07, 6.45) is 2.36. The quantitative estimate of drug-likeness (QED) is 0.800. The monoisotopic (exact) mass is 292 g/mol. The molecule has 116 valence electrons. The molecule has 1 aliphatic heterocycles. The van der Waals surface area contributed by atoms with Crippen molar-refractivity contribution in [3.63, 3.8) is 0 Å². The minimum absolute atomic E-state index is 0.0824. The first kappa shape index (κ1) is 15.8. The zero-order valence-corrected chi connectivity index (χ0v) is 12.5. The molecule has 0 spiro atoms. The minimum atomic E-state index is -0.0824. The van der Waals surface area contributed by atoms with Crippen molar-refractivity contribution >= 4 is 5.91 Å². The standard InChI is InChI=1S/C16H24N2O3/c1-12(9-17)10-18-16(19)13-4-6-14(7-5-13)21-11-15-3-2-8-20-15/h4-7,12,15H,2-3,8-11,17H2,1H3,(H,18,19). The number of rotatable bonds is 7. The molecule has 1 aromatic carbocycles. The van der Waals surface area contributed by atoms with Gasteiger partial charge >= 0.3 is 0 Å². The third kappa shape index (κ3) is 5.02. The molecule has 0 radical (unpaired) electrons. The van der Waals surface area contributed by atoms with E-state index in [-0.39, 0.29) is 17.9 Å². The first-order chi connectivity index (χ1) is 10.2. The summed E-state index contributed by atoms with van der Waals surface area (Å²) >= 11 is 0. The maximum atomic E-state index is 11.9. The Morgan fingerprint density at radius 2 is 2.24 bits per heavy atom. The van der Waals surface area contributed by atoms with Crippen LogP contribution in [-0.4, -0.2) is 38.3 Å². The molecule has 5 nitrogen and oxygen atoms in total. The lowest BCUT2D eigenvalue weighted by Crippen LogP contribution is -2.31. The lowest BCUT2D eigenvalue weighted by atomic mass is 10.1. The van der Waals surface area contributed by atoms with Gasteiger partial charge in [0, 0.05) is 18.7 Å². The van der Waals surface area contributed by atoms with E-state index in [1.807, 2.05) is 19.1 Å². The first-order valence-electron chi connectivity index (χ1n) is 7.51. The van der Waals surface area contributed by atoms with Crippen LogP contribution < -0.4 is 15.8 Å². The van der Waals surface area contributed by atoms with Gasteiger partial charge in [0.15, 0.2) is 0 Å². The first-order valence-corrected chi connectivity index (χ1v) is 7.51. The fraction of sp³-hybridized carbons (Fsp3) is 0.562. The highest BCUT2D eigenvalue weighted by Gasteiger charge is 2.16. The summed E-state index contributed by atoms with van der Waals surface area (Å²) in [6, 6.07) is 7.17. The van der Waals surface area contributed by atoms with Gasteiger partial charge in [0.2, 0.25) is 0 Å². The van der Waals surface area contributed by atoms with Crippen LogP contribution in [0.4, 0.5) is 0 Å². The summed E-state index contributed by atoms with van der Waals surface area (Å²) < 4.78 is 11.2. The SMILES string of the molecule is CC(CN)CNC(=O)c1ccc(OCC2CCCO2)cc1. The van der Waals surface area contributed by atoms with Gasteiger partial charge < -0.3 is 20.5 Å². The number of hydrogen-bond acceptors (Lipinski definition) is 4. The zero-order valence-electron chi connectivity index (χ0n) is 12.5. The van der Waals surface area contributed by atoms with Crippen LogP contribution >= 0.6 is 0 Å². The van der Waals surface area contributed by atoms with Gasteiger partial charge in [-0.3, -0.25) is 4.79 Å². The summed E-state index contributed by atoms with van der Waals surface area (Å²) in [7, 11) is 0. The number of carbonyl (C=O) groups is 1. The second-order valence-electron chi connectivity index (χ2n) is 5.52. The van der Waals surface area contributed by atoms with Crippen molar-refractivity contribution in [2.75, 3.05) is 26.3 Å². The van der Waals surface area contributed by atoms with Gasteiger partial charge in [0.1, 0.15) is 12.4 Å². The molecule has 2 unspecified atom stereocenters. The van der Waals surface area contributed by atoms with Crippen LogP contribution in [-0.2, 0) is 4.74 Å². The van der Waals surface area contributed by atoms with E-state index in [1.54, 1.807) is 12.1 Å². The van der Waals surface area contributed by atoms with E-state index in [1.165, 1.54) is 0 Å². The van der Waals surface area contributed by atoms with Crippen LogP contribution in [0.1, 0.15) is 30.1 Å². The Hall–Kier alpha value is -1.59. The number of benzene rings is 1. The normalized spacial score (nSPS) is 19.2. The minimum Gasteiger partial charge on any atom is -0.491 e. The summed E-state index contributed by atoms with van der Waals surface area (Å²) in [5.41, 5.74) is 6.15. The topological polar surface area (TPSA) is 73.6 Å². The Labute approximate surface area is 125 Å². The maximum Gasteiger partial charge on any atom is 0.251 e. The van der Waals surface area contributed by atoms with Gasteiger partial charge in [-0.15, -0.1) is 0 Å². The molecule has 1 aliphatic rings. The molecule has 1 aromatic rings. The molecule has 3 N–H and O–H groups in total. The van der Waals surface area contributed by atoms with Gasteiger partial charge in [-0.05, 0) is 49.6 Å². The third-order valence-electron chi connectivity index (χ3n) is 3.59. The van der Waals surface area contributed by atoms with Crippen LogP contribution in [0.15, 0.2) is 24.3 Å². The van der Waals surface area contributed by atoms with Gasteiger partial charge in [-0.25, -0.2) is 0 Å². The molecule has 0 saturated carbocycles. The average Bonchev–Trinajstić information content (AvgIpc) is 3.04. The molecule has 0 aromatic heterocycles. The third-order valence-corrected chi connectivity index (χ3v) is 3.59. The summed E-state index contributed by atoms with van der Waals surface area (Å²) in [6.45, 7) is 4.55. The molecule has 2 atom stereocenters. The van der Waals surface area contributed by atoms with Crippen LogP contribution in [0.2, 0.25) is 0 Å². The smallest absolute Gasteiger partial charge is 0.251 e. The Morgan fingerprint density at radius 1 is 1.48 bits per heavy atom. The molecule has 0 bridgehead atoms. The molecule has 1 amide bonds. The van der Waals surface area contributed by atoms with Gasteiger partial charge in [-0.2, -0.15) is 0 Å². The molecule has 2 rings (SSSR count). The zero-order chi connectivity index (χ0) is 15.1.